The van der Waals surface area contributed by atoms with Gasteiger partial charge in [-0.1, -0.05) is 19.3 Å². The van der Waals surface area contributed by atoms with Crippen LogP contribution in [0.5, 0.6) is 11.5 Å². The lowest BCUT2D eigenvalue weighted by Crippen LogP contribution is -2.50. The number of methoxy groups -OCH3 is 2. The van der Waals surface area contributed by atoms with Crippen molar-refractivity contribution in [1.82, 2.24) is 5.32 Å². The smallest absolute Gasteiger partial charge is 0.345 e. The summed E-state index contributed by atoms with van der Waals surface area (Å²) in [4.78, 5) is 35.0. The van der Waals surface area contributed by atoms with Gasteiger partial charge in [0.25, 0.3) is 11.6 Å². The van der Waals surface area contributed by atoms with Gasteiger partial charge >= 0.3 is 5.97 Å². The molecule has 1 aromatic rings. The predicted molar refractivity (Wildman–Crippen MR) is 96.1 cm³/mol. The number of hydrogen-bond donors (Lipinski definition) is 1. The SMILES string of the molecule is COc1cc(C(=O)OCC(=O)NC2(C#N)CCCCC2)c([N+](=O)[O-])cc1OC. The molecule has 0 bridgehead atoms. The molecule has 2 rings (SSSR count). The summed E-state index contributed by atoms with van der Waals surface area (Å²) in [6.07, 6.45) is 3.71. The Balaban J connectivity index is 2.11. The fourth-order valence-corrected chi connectivity index (χ4v) is 3.11. The summed E-state index contributed by atoms with van der Waals surface area (Å²) in [5.74, 6) is -1.51. The van der Waals surface area contributed by atoms with Crippen molar-refractivity contribution < 1.29 is 28.7 Å². The highest BCUT2D eigenvalue weighted by Crippen LogP contribution is 2.34. The van der Waals surface area contributed by atoms with E-state index in [1.807, 2.05) is 0 Å². The van der Waals surface area contributed by atoms with Crippen molar-refractivity contribution in [1.29, 1.82) is 5.26 Å². The second-order valence-corrected chi connectivity index (χ2v) is 6.36. The van der Waals surface area contributed by atoms with Crippen molar-refractivity contribution in [2.45, 2.75) is 37.6 Å². The lowest BCUT2D eigenvalue weighted by molar-refractivity contribution is -0.385. The maximum atomic E-state index is 12.3. The van der Waals surface area contributed by atoms with E-state index in [1.54, 1.807) is 0 Å². The summed E-state index contributed by atoms with van der Waals surface area (Å²) in [7, 11) is 2.62. The number of hydrogen-bond acceptors (Lipinski definition) is 8. The van der Waals surface area contributed by atoms with Gasteiger partial charge in [-0.2, -0.15) is 5.26 Å². The molecule has 1 N–H and O–H groups in total. The van der Waals surface area contributed by atoms with E-state index in [2.05, 4.69) is 11.4 Å². The number of ether oxygens (including phenoxy) is 3. The van der Waals surface area contributed by atoms with Gasteiger partial charge in [0.1, 0.15) is 11.1 Å². The van der Waals surface area contributed by atoms with E-state index >= 15 is 0 Å². The number of nitrogens with zero attached hydrogens (tertiary/aromatic N) is 2. The molecule has 0 aromatic heterocycles. The van der Waals surface area contributed by atoms with E-state index < -0.39 is 34.6 Å². The number of carbonyl (C=O) groups excluding carboxylic acids is 2. The number of nitro groups is 1. The van der Waals surface area contributed by atoms with E-state index in [9.17, 15) is 25.0 Å². The standard InChI is InChI=1S/C18H21N3O7/c1-26-14-8-12(13(21(24)25)9-15(14)27-2)17(23)28-10-16(22)20-18(11-19)6-4-3-5-7-18/h8-9H,3-7,10H2,1-2H3,(H,20,22). The van der Waals surface area contributed by atoms with E-state index in [4.69, 9.17) is 14.2 Å². The van der Waals surface area contributed by atoms with Gasteiger partial charge in [-0.15, -0.1) is 0 Å². The molecule has 1 aliphatic carbocycles. The van der Waals surface area contributed by atoms with E-state index in [1.165, 1.54) is 14.2 Å². The second kappa shape index (κ2) is 9.03. The highest BCUT2D eigenvalue weighted by atomic mass is 16.6. The number of carbonyl (C=O) groups is 2. The van der Waals surface area contributed by atoms with Gasteiger partial charge in [0.2, 0.25) is 0 Å². The molecule has 0 radical (unpaired) electrons. The lowest BCUT2D eigenvalue weighted by Gasteiger charge is -2.31. The molecule has 10 nitrogen and oxygen atoms in total. The fraction of sp³-hybridized carbons (Fsp3) is 0.500. The normalized spacial score (nSPS) is 15.0. The van der Waals surface area contributed by atoms with Crippen LogP contribution in [0.1, 0.15) is 42.5 Å². The monoisotopic (exact) mass is 391 g/mol. The number of rotatable bonds is 7. The minimum Gasteiger partial charge on any atom is -0.493 e. The Labute approximate surface area is 161 Å². The highest BCUT2D eigenvalue weighted by Gasteiger charge is 2.34. The molecule has 1 aromatic carbocycles. The first kappa shape index (κ1) is 21.0. The minimum atomic E-state index is -1.06. The molecular weight excluding hydrogens is 370 g/mol. The zero-order valence-corrected chi connectivity index (χ0v) is 15.6. The van der Waals surface area contributed by atoms with Gasteiger partial charge in [-0.25, -0.2) is 4.79 Å². The first-order valence-electron chi connectivity index (χ1n) is 8.65. The van der Waals surface area contributed by atoms with Crippen molar-refractivity contribution in [2.24, 2.45) is 0 Å². The molecule has 10 heteroatoms. The summed E-state index contributed by atoms with van der Waals surface area (Å²) in [6.45, 7) is -0.659. The lowest BCUT2D eigenvalue weighted by atomic mass is 9.83. The van der Waals surface area contributed by atoms with E-state index in [0.717, 1.165) is 31.4 Å². The topological polar surface area (TPSA) is 141 Å². The maximum absolute atomic E-state index is 12.3. The number of nitro benzene ring substituents is 1. The number of nitriles is 1. The van der Waals surface area contributed by atoms with Crippen LogP contribution >= 0.6 is 0 Å². The van der Waals surface area contributed by atoms with Crippen molar-refractivity contribution in [3.05, 3.63) is 27.8 Å². The largest absolute Gasteiger partial charge is 0.493 e. The molecule has 0 atom stereocenters. The van der Waals surface area contributed by atoms with E-state index in [0.29, 0.717) is 12.8 Å². The quantitative estimate of drug-likeness (QED) is 0.423. The van der Waals surface area contributed by atoms with Gasteiger partial charge < -0.3 is 19.5 Å². The first-order valence-corrected chi connectivity index (χ1v) is 8.65. The van der Waals surface area contributed by atoms with Crippen LogP contribution in [-0.4, -0.2) is 43.2 Å². The zero-order valence-electron chi connectivity index (χ0n) is 15.6. The van der Waals surface area contributed by atoms with Gasteiger partial charge in [0, 0.05) is 6.07 Å². The minimum absolute atomic E-state index is 0.0803. The molecule has 150 valence electrons. The predicted octanol–water partition coefficient (Wildman–Crippen LogP) is 2.11. The third-order valence-corrected chi connectivity index (χ3v) is 4.55. The molecule has 1 aliphatic rings. The highest BCUT2D eigenvalue weighted by molar-refractivity contribution is 5.96. The number of amides is 1. The van der Waals surface area contributed by atoms with Gasteiger partial charge in [0.05, 0.1) is 31.3 Å². The Bertz CT molecular complexity index is 810. The summed E-state index contributed by atoms with van der Waals surface area (Å²) in [5.41, 5.74) is -1.87. The molecular formula is C18H21N3O7. The maximum Gasteiger partial charge on any atom is 0.345 e. The molecule has 1 fully saturated rings. The average molecular weight is 391 g/mol. The third kappa shape index (κ3) is 4.68. The molecule has 1 saturated carbocycles. The first-order chi connectivity index (χ1) is 13.4. The average Bonchev–Trinajstić information content (AvgIpc) is 2.71. The van der Waals surface area contributed by atoms with Crippen LogP contribution < -0.4 is 14.8 Å². The molecule has 0 unspecified atom stereocenters. The van der Waals surface area contributed by atoms with Gasteiger partial charge in [-0.05, 0) is 12.8 Å². The number of benzene rings is 1. The van der Waals surface area contributed by atoms with E-state index in [-0.39, 0.29) is 17.1 Å². The summed E-state index contributed by atoms with van der Waals surface area (Å²) >= 11 is 0. The molecule has 0 heterocycles. The molecule has 0 saturated heterocycles. The Hall–Kier alpha value is -3.35. The Morgan fingerprint density at radius 2 is 1.82 bits per heavy atom. The molecule has 0 aliphatic heterocycles. The summed E-state index contributed by atoms with van der Waals surface area (Å²) in [5, 5.41) is 23.3. The molecule has 28 heavy (non-hydrogen) atoms. The van der Waals surface area contributed by atoms with Crippen LogP contribution in [0.4, 0.5) is 5.69 Å². The van der Waals surface area contributed by atoms with Crippen molar-refractivity contribution in [2.75, 3.05) is 20.8 Å². The summed E-state index contributed by atoms with van der Waals surface area (Å²) < 4.78 is 15.0. The molecule has 1 amide bonds. The van der Waals surface area contributed by atoms with Crippen molar-refractivity contribution in [3.8, 4) is 17.6 Å². The van der Waals surface area contributed by atoms with Crippen LogP contribution in [0.25, 0.3) is 0 Å². The zero-order chi connectivity index (χ0) is 20.7. The third-order valence-electron chi connectivity index (χ3n) is 4.55. The van der Waals surface area contributed by atoms with Crippen LogP contribution in [0.3, 0.4) is 0 Å². The Kier molecular flexibility index (Phi) is 6.76. The van der Waals surface area contributed by atoms with Crippen LogP contribution in [-0.2, 0) is 9.53 Å². The number of nitrogens with one attached hydrogen (secondary N) is 1. The van der Waals surface area contributed by atoms with Gasteiger partial charge in [-0.3, -0.25) is 14.9 Å². The van der Waals surface area contributed by atoms with Gasteiger partial charge in [0.15, 0.2) is 18.1 Å². The van der Waals surface area contributed by atoms with Crippen molar-refractivity contribution >= 4 is 17.6 Å². The van der Waals surface area contributed by atoms with Crippen LogP contribution in [0, 0.1) is 21.4 Å². The fourth-order valence-electron chi connectivity index (χ4n) is 3.11. The second-order valence-electron chi connectivity index (χ2n) is 6.36. The Morgan fingerprint density at radius 1 is 1.21 bits per heavy atom. The molecule has 0 spiro atoms. The number of esters is 1. The summed E-state index contributed by atoms with van der Waals surface area (Å²) in [6, 6.07) is 4.29. The Morgan fingerprint density at radius 3 is 2.36 bits per heavy atom. The van der Waals surface area contributed by atoms with Crippen LogP contribution in [0.15, 0.2) is 12.1 Å². The van der Waals surface area contributed by atoms with Crippen LogP contribution in [0.2, 0.25) is 0 Å². The van der Waals surface area contributed by atoms with Crippen molar-refractivity contribution in [3.63, 3.8) is 0 Å².